The van der Waals surface area contributed by atoms with Crippen molar-refractivity contribution in [3.05, 3.63) is 35.3 Å². The van der Waals surface area contributed by atoms with Crippen LogP contribution in [-0.2, 0) is 5.75 Å². The number of hydrazine groups is 1. The molecular weight excluding hydrogens is 306 g/mol. The van der Waals surface area contributed by atoms with Gasteiger partial charge in [0, 0.05) is 22.8 Å². The second-order valence-corrected chi connectivity index (χ2v) is 6.25. The summed E-state index contributed by atoms with van der Waals surface area (Å²) in [5.41, 5.74) is 6.24. The molecule has 108 valence electrons. The third kappa shape index (κ3) is 3.07. The lowest BCUT2D eigenvalue weighted by atomic mass is 10.1. The smallest absolute Gasteiger partial charge is 0.174 e. The summed E-state index contributed by atoms with van der Waals surface area (Å²) in [4.78, 5) is 4.54. The summed E-state index contributed by atoms with van der Waals surface area (Å²) < 4.78 is 6.14. The number of nitrogens with one attached hydrogen (secondary N) is 1. The Labute approximate surface area is 129 Å². The number of benzene rings is 1. The summed E-state index contributed by atoms with van der Waals surface area (Å²) in [6.07, 6.45) is 0. The number of aromatic nitrogens is 3. The van der Waals surface area contributed by atoms with E-state index < -0.39 is 0 Å². The molecule has 0 radical (unpaired) electrons. The van der Waals surface area contributed by atoms with Crippen LogP contribution >= 0.6 is 23.1 Å². The van der Waals surface area contributed by atoms with E-state index in [1.807, 2.05) is 18.2 Å². The highest BCUT2D eigenvalue weighted by molar-refractivity contribution is 8.00. The van der Waals surface area contributed by atoms with Gasteiger partial charge in [0.15, 0.2) is 4.34 Å². The average molecular weight is 319 g/mol. The molecule has 0 aliphatic carbocycles. The van der Waals surface area contributed by atoms with Crippen LogP contribution in [0.15, 0.2) is 34.1 Å². The van der Waals surface area contributed by atoms with Crippen LogP contribution in [0.1, 0.15) is 5.56 Å². The van der Waals surface area contributed by atoms with Crippen molar-refractivity contribution in [3.8, 4) is 5.75 Å². The average Bonchev–Trinajstić information content (AvgIpc) is 3.04. The summed E-state index contributed by atoms with van der Waals surface area (Å²) in [5, 5.41) is 8.88. The van der Waals surface area contributed by atoms with Gasteiger partial charge >= 0.3 is 0 Å². The van der Waals surface area contributed by atoms with Gasteiger partial charge in [0.1, 0.15) is 17.1 Å². The van der Waals surface area contributed by atoms with E-state index in [4.69, 9.17) is 10.6 Å². The molecule has 2 heterocycles. The summed E-state index contributed by atoms with van der Waals surface area (Å²) in [5.74, 6) is 7.74. The predicted octanol–water partition coefficient (Wildman–Crippen LogP) is 2.67. The van der Waals surface area contributed by atoms with Crippen molar-refractivity contribution >= 4 is 39.8 Å². The molecule has 0 bridgehead atoms. The minimum Gasteiger partial charge on any atom is -0.497 e. The Morgan fingerprint density at radius 2 is 2.29 bits per heavy atom. The normalized spacial score (nSPS) is 10.8. The first-order valence-corrected chi connectivity index (χ1v) is 8.00. The highest BCUT2D eigenvalue weighted by atomic mass is 32.2. The fourth-order valence-electron chi connectivity index (χ4n) is 1.92. The molecule has 0 atom stereocenters. The molecule has 2 aromatic heterocycles. The second-order valence-electron chi connectivity index (χ2n) is 4.19. The van der Waals surface area contributed by atoms with Crippen molar-refractivity contribution < 1.29 is 4.74 Å². The molecular formula is C13H13N5OS2. The molecule has 0 aliphatic rings. The van der Waals surface area contributed by atoms with Gasteiger partial charge in [0.2, 0.25) is 0 Å². The van der Waals surface area contributed by atoms with Crippen molar-refractivity contribution in [1.29, 1.82) is 0 Å². The number of ether oxygens (including phenoxy) is 1. The number of pyridine rings is 1. The predicted molar refractivity (Wildman–Crippen MR) is 85.6 cm³/mol. The van der Waals surface area contributed by atoms with Crippen LogP contribution in [0.4, 0.5) is 5.82 Å². The van der Waals surface area contributed by atoms with E-state index in [2.05, 4.69) is 26.7 Å². The van der Waals surface area contributed by atoms with Crippen LogP contribution in [0, 0.1) is 0 Å². The quantitative estimate of drug-likeness (QED) is 0.425. The maximum absolute atomic E-state index is 5.58. The Hall–Kier alpha value is -1.90. The molecule has 0 saturated heterocycles. The molecule has 0 spiro atoms. The zero-order chi connectivity index (χ0) is 14.7. The number of nitrogen functional groups attached to an aromatic ring is 1. The summed E-state index contributed by atoms with van der Waals surface area (Å²) in [6, 6.07) is 7.87. The summed E-state index contributed by atoms with van der Waals surface area (Å²) in [7, 11) is 1.64. The van der Waals surface area contributed by atoms with E-state index in [0.29, 0.717) is 5.82 Å². The number of thioether (sulfide) groups is 1. The van der Waals surface area contributed by atoms with E-state index in [9.17, 15) is 0 Å². The van der Waals surface area contributed by atoms with E-state index >= 15 is 0 Å². The van der Waals surface area contributed by atoms with Crippen LogP contribution in [0.3, 0.4) is 0 Å². The number of nitrogens with two attached hydrogens (primary N) is 1. The van der Waals surface area contributed by atoms with Crippen molar-refractivity contribution in [2.24, 2.45) is 5.84 Å². The third-order valence-electron chi connectivity index (χ3n) is 2.93. The first kappa shape index (κ1) is 14.1. The summed E-state index contributed by atoms with van der Waals surface area (Å²) in [6.45, 7) is 0. The molecule has 0 aliphatic heterocycles. The Bertz CT molecular complexity index is 748. The van der Waals surface area contributed by atoms with Gasteiger partial charge < -0.3 is 10.2 Å². The van der Waals surface area contributed by atoms with Crippen molar-refractivity contribution in [3.63, 3.8) is 0 Å². The van der Waals surface area contributed by atoms with Crippen LogP contribution in [0.25, 0.3) is 10.9 Å². The lowest BCUT2D eigenvalue weighted by Crippen LogP contribution is -2.11. The standard InChI is InChI=1S/C13H13N5OS2/c1-19-10-3-2-8-4-9(6-20-13-18-15-7-21-13)12(17-14)16-11(8)5-10/h2-5,7H,6,14H2,1H3,(H,16,17). The minimum atomic E-state index is 0.660. The topological polar surface area (TPSA) is 86.0 Å². The number of anilines is 1. The fraction of sp³-hybridized carbons (Fsp3) is 0.154. The van der Waals surface area contributed by atoms with Crippen LogP contribution in [-0.4, -0.2) is 22.3 Å². The molecule has 0 saturated carbocycles. The number of methoxy groups -OCH3 is 1. The maximum Gasteiger partial charge on any atom is 0.174 e. The number of hydrogen-bond acceptors (Lipinski definition) is 8. The number of hydrogen-bond donors (Lipinski definition) is 2. The first-order chi connectivity index (χ1) is 10.3. The van der Waals surface area contributed by atoms with Gasteiger partial charge in [-0.15, -0.1) is 10.2 Å². The lowest BCUT2D eigenvalue weighted by molar-refractivity contribution is 0.415. The van der Waals surface area contributed by atoms with Crippen molar-refractivity contribution in [2.75, 3.05) is 12.5 Å². The molecule has 0 fully saturated rings. The van der Waals surface area contributed by atoms with Crippen molar-refractivity contribution in [2.45, 2.75) is 10.1 Å². The van der Waals surface area contributed by atoms with Gasteiger partial charge in [-0.3, -0.25) is 0 Å². The molecule has 21 heavy (non-hydrogen) atoms. The molecule has 3 rings (SSSR count). The summed E-state index contributed by atoms with van der Waals surface area (Å²) >= 11 is 3.13. The zero-order valence-electron chi connectivity index (χ0n) is 11.2. The molecule has 8 heteroatoms. The van der Waals surface area contributed by atoms with Gasteiger partial charge in [0.05, 0.1) is 12.6 Å². The number of fused-ring (bicyclic) bond motifs is 1. The minimum absolute atomic E-state index is 0.660. The SMILES string of the molecule is COc1ccc2cc(CSc3nncs3)c(NN)nc2c1. The number of rotatable bonds is 5. The van der Waals surface area contributed by atoms with E-state index in [1.165, 1.54) is 11.3 Å². The van der Waals surface area contributed by atoms with Gasteiger partial charge in [0.25, 0.3) is 0 Å². The molecule has 0 unspecified atom stereocenters. The second kappa shape index (κ2) is 6.25. The molecule has 3 aromatic rings. The molecule has 1 aromatic carbocycles. The first-order valence-electron chi connectivity index (χ1n) is 6.13. The highest BCUT2D eigenvalue weighted by Gasteiger charge is 2.09. The van der Waals surface area contributed by atoms with Gasteiger partial charge in [-0.2, -0.15) is 0 Å². The monoisotopic (exact) mass is 319 g/mol. The van der Waals surface area contributed by atoms with Gasteiger partial charge in [-0.1, -0.05) is 23.1 Å². The van der Waals surface area contributed by atoms with E-state index in [1.54, 1.807) is 24.4 Å². The van der Waals surface area contributed by atoms with Gasteiger partial charge in [-0.25, -0.2) is 10.8 Å². The largest absolute Gasteiger partial charge is 0.497 e. The molecule has 3 N–H and O–H groups in total. The Balaban J connectivity index is 1.93. The number of nitrogens with zero attached hydrogens (tertiary/aromatic N) is 3. The molecule has 6 nitrogen and oxygen atoms in total. The lowest BCUT2D eigenvalue weighted by Gasteiger charge is -2.10. The van der Waals surface area contributed by atoms with Gasteiger partial charge in [-0.05, 0) is 18.2 Å². The maximum atomic E-state index is 5.58. The Kier molecular flexibility index (Phi) is 4.18. The van der Waals surface area contributed by atoms with Crippen LogP contribution < -0.4 is 16.0 Å². The fourth-order valence-corrected chi connectivity index (χ4v) is 3.38. The van der Waals surface area contributed by atoms with Crippen LogP contribution in [0.2, 0.25) is 0 Å². The Morgan fingerprint density at radius 1 is 1.38 bits per heavy atom. The third-order valence-corrected chi connectivity index (χ3v) is 4.84. The van der Waals surface area contributed by atoms with Crippen molar-refractivity contribution in [1.82, 2.24) is 15.2 Å². The molecule has 0 amide bonds. The van der Waals surface area contributed by atoms with E-state index in [-0.39, 0.29) is 0 Å². The Morgan fingerprint density at radius 3 is 3.00 bits per heavy atom. The highest BCUT2D eigenvalue weighted by Crippen LogP contribution is 2.29. The van der Waals surface area contributed by atoms with Crippen LogP contribution in [0.5, 0.6) is 5.75 Å². The zero-order valence-corrected chi connectivity index (χ0v) is 12.9. The van der Waals surface area contributed by atoms with E-state index in [0.717, 1.165) is 32.3 Å².